The maximum Gasteiger partial charge on any atom is 0.344 e. The molecule has 9 heteroatoms. The van der Waals surface area contributed by atoms with Crippen molar-refractivity contribution in [3.63, 3.8) is 0 Å². The fourth-order valence-corrected chi connectivity index (χ4v) is 3.86. The summed E-state index contributed by atoms with van der Waals surface area (Å²) in [7, 11) is 0. The molecule has 0 aliphatic rings. The van der Waals surface area contributed by atoms with Crippen LogP contribution in [0.4, 0.5) is 11.0 Å². The third-order valence-corrected chi connectivity index (χ3v) is 5.17. The number of nitrogens with zero attached hydrogens (tertiary/aromatic N) is 2. The van der Waals surface area contributed by atoms with Gasteiger partial charge in [0, 0.05) is 0 Å². The van der Waals surface area contributed by atoms with Gasteiger partial charge in [-0.1, -0.05) is 17.4 Å². The molecule has 7 nitrogen and oxygen atoms in total. The van der Waals surface area contributed by atoms with Crippen LogP contribution in [0.15, 0.2) is 21.9 Å². The Labute approximate surface area is 151 Å². The lowest BCUT2D eigenvalue weighted by molar-refractivity contribution is 0.0524. The molecular weight excluding hydrogens is 362 g/mol. The predicted molar refractivity (Wildman–Crippen MR) is 95.9 cm³/mol. The number of Topliss-reactive ketones (excluding diaryl/α,β-unsaturated/α-hetero) is 1. The first kappa shape index (κ1) is 17.3. The molecule has 0 atom stereocenters. The summed E-state index contributed by atoms with van der Waals surface area (Å²) < 4.78 is 10.6. The number of nitrogens with one attached hydrogen (secondary N) is 1. The lowest BCUT2D eigenvalue weighted by Gasteiger charge is -2.04. The Bertz CT molecular complexity index is 912. The van der Waals surface area contributed by atoms with E-state index in [1.807, 2.05) is 17.5 Å². The summed E-state index contributed by atoms with van der Waals surface area (Å²) in [5.41, 5.74) is 0.295. The first-order valence-electron chi connectivity index (χ1n) is 7.47. The summed E-state index contributed by atoms with van der Waals surface area (Å²) in [4.78, 5) is 25.2. The zero-order valence-corrected chi connectivity index (χ0v) is 15.4. The Kier molecular flexibility index (Phi) is 4.95. The minimum absolute atomic E-state index is 0.0831. The topological polar surface area (TPSA) is 94.3 Å². The van der Waals surface area contributed by atoms with Gasteiger partial charge < -0.3 is 9.15 Å². The van der Waals surface area contributed by atoms with E-state index in [4.69, 9.17) is 9.15 Å². The normalized spacial score (nSPS) is 10.7. The first-order chi connectivity index (χ1) is 12.0. The van der Waals surface area contributed by atoms with Crippen molar-refractivity contribution in [1.29, 1.82) is 0 Å². The van der Waals surface area contributed by atoms with Crippen LogP contribution in [0.5, 0.6) is 0 Å². The van der Waals surface area contributed by atoms with Crippen molar-refractivity contribution in [1.82, 2.24) is 10.2 Å². The summed E-state index contributed by atoms with van der Waals surface area (Å²) in [6, 6.07) is 3.88. The molecule has 3 aromatic rings. The van der Waals surface area contributed by atoms with Gasteiger partial charge in [-0.2, -0.15) is 0 Å². The highest BCUT2D eigenvalue weighted by Crippen LogP contribution is 2.34. The van der Waals surface area contributed by atoms with Crippen LogP contribution in [-0.2, 0) is 4.74 Å². The Morgan fingerprint density at radius 1 is 1.32 bits per heavy atom. The Hall–Kier alpha value is -2.52. The van der Waals surface area contributed by atoms with E-state index in [2.05, 4.69) is 15.5 Å². The molecule has 0 radical (unpaired) electrons. The monoisotopic (exact) mass is 377 g/mol. The summed E-state index contributed by atoms with van der Waals surface area (Å²) >= 11 is 2.88. The zero-order valence-electron chi connectivity index (χ0n) is 13.8. The standard InChI is InChI=1S/C16H15N3O4S2/c1-4-22-15(21)12-11(8(2)20)9(3)23-13(12)17-16-19-18-14(25-16)10-6-5-7-24-10/h5-7H,4H2,1-3H3,(H,17,19). The molecule has 0 aliphatic heterocycles. The molecule has 0 saturated heterocycles. The quantitative estimate of drug-likeness (QED) is 0.506. The van der Waals surface area contributed by atoms with E-state index in [0.29, 0.717) is 10.9 Å². The highest BCUT2D eigenvalue weighted by Gasteiger charge is 2.28. The van der Waals surface area contributed by atoms with Crippen molar-refractivity contribution >= 4 is 45.4 Å². The first-order valence-corrected chi connectivity index (χ1v) is 9.16. The van der Waals surface area contributed by atoms with Crippen LogP contribution >= 0.6 is 22.7 Å². The van der Waals surface area contributed by atoms with Crippen molar-refractivity contribution in [2.75, 3.05) is 11.9 Å². The van der Waals surface area contributed by atoms with Gasteiger partial charge in [-0.25, -0.2) is 4.79 Å². The molecular formula is C16H15N3O4S2. The number of aryl methyl sites for hydroxylation is 1. The number of carbonyl (C=O) groups is 2. The molecule has 0 fully saturated rings. The number of aromatic nitrogens is 2. The van der Waals surface area contributed by atoms with E-state index < -0.39 is 5.97 Å². The van der Waals surface area contributed by atoms with Crippen LogP contribution < -0.4 is 5.32 Å². The SMILES string of the molecule is CCOC(=O)c1c(Nc2nnc(-c3cccs3)s2)oc(C)c1C(C)=O. The van der Waals surface area contributed by atoms with Gasteiger partial charge in [0.05, 0.1) is 17.0 Å². The molecule has 0 bridgehead atoms. The maximum absolute atomic E-state index is 12.3. The minimum Gasteiger partial charge on any atom is -0.462 e. The zero-order chi connectivity index (χ0) is 18.0. The van der Waals surface area contributed by atoms with Gasteiger partial charge in [0.2, 0.25) is 11.0 Å². The van der Waals surface area contributed by atoms with E-state index in [0.717, 1.165) is 9.88 Å². The Morgan fingerprint density at radius 3 is 2.76 bits per heavy atom. The molecule has 25 heavy (non-hydrogen) atoms. The van der Waals surface area contributed by atoms with Crippen molar-refractivity contribution in [2.45, 2.75) is 20.8 Å². The molecule has 130 valence electrons. The van der Waals surface area contributed by atoms with E-state index in [1.54, 1.807) is 25.2 Å². The molecule has 3 aromatic heterocycles. The number of thiophene rings is 1. The summed E-state index contributed by atoms with van der Waals surface area (Å²) in [5.74, 6) is -0.403. The van der Waals surface area contributed by atoms with Gasteiger partial charge in [0.25, 0.3) is 0 Å². The molecule has 0 unspecified atom stereocenters. The molecule has 0 aliphatic carbocycles. The van der Waals surface area contributed by atoms with Crippen LogP contribution in [-0.4, -0.2) is 28.6 Å². The number of rotatable bonds is 6. The van der Waals surface area contributed by atoms with Crippen molar-refractivity contribution in [2.24, 2.45) is 0 Å². The second-order valence-corrected chi connectivity index (χ2v) is 6.95. The number of esters is 1. The third-order valence-electron chi connectivity index (χ3n) is 3.29. The number of ether oxygens (including phenoxy) is 1. The average molecular weight is 377 g/mol. The summed E-state index contributed by atoms with van der Waals surface area (Å²) in [6.07, 6.45) is 0. The molecule has 1 N–H and O–H groups in total. The largest absolute Gasteiger partial charge is 0.462 e. The van der Waals surface area contributed by atoms with Gasteiger partial charge >= 0.3 is 5.97 Å². The van der Waals surface area contributed by atoms with Gasteiger partial charge in [-0.3, -0.25) is 10.1 Å². The number of furan rings is 1. The number of anilines is 2. The molecule has 3 rings (SSSR count). The van der Waals surface area contributed by atoms with Gasteiger partial charge in [0.1, 0.15) is 11.3 Å². The highest BCUT2D eigenvalue weighted by atomic mass is 32.1. The molecule has 0 amide bonds. The van der Waals surface area contributed by atoms with Crippen LogP contribution in [0, 0.1) is 6.92 Å². The predicted octanol–water partition coefficient (Wildman–Crippen LogP) is 4.29. The van der Waals surface area contributed by atoms with Crippen molar-refractivity contribution < 1.29 is 18.7 Å². The van der Waals surface area contributed by atoms with Crippen LogP contribution in [0.25, 0.3) is 9.88 Å². The van der Waals surface area contributed by atoms with E-state index in [9.17, 15) is 9.59 Å². The number of hydrogen-bond acceptors (Lipinski definition) is 9. The summed E-state index contributed by atoms with van der Waals surface area (Å²) in [5, 5.41) is 14.3. The molecule has 0 spiro atoms. The van der Waals surface area contributed by atoms with E-state index in [1.165, 1.54) is 18.3 Å². The van der Waals surface area contributed by atoms with Gasteiger partial charge in [-0.05, 0) is 32.2 Å². The molecule has 3 heterocycles. The number of hydrogen-bond donors (Lipinski definition) is 1. The highest BCUT2D eigenvalue weighted by molar-refractivity contribution is 7.22. The average Bonchev–Trinajstić information content (AvgIpc) is 3.26. The Morgan fingerprint density at radius 2 is 2.12 bits per heavy atom. The van der Waals surface area contributed by atoms with Crippen molar-refractivity contribution in [3.8, 4) is 9.88 Å². The number of ketones is 1. The maximum atomic E-state index is 12.3. The third kappa shape index (κ3) is 3.47. The van der Waals surface area contributed by atoms with Gasteiger partial charge in [0.15, 0.2) is 10.8 Å². The van der Waals surface area contributed by atoms with Crippen LogP contribution in [0.2, 0.25) is 0 Å². The fourth-order valence-electron chi connectivity index (χ4n) is 2.33. The van der Waals surface area contributed by atoms with E-state index >= 15 is 0 Å². The molecule has 0 saturated carbocycles. The lowest BCUT2D eigenvalue weighted by atomic mass is 10.1. The van der Waals surface area contributed by atoms with Crippen molar-refractivity contribution in [3.05, 3.63) is 34.4 Å². The van der Waals surface area contributed by atoms with E-state index in [-0.39, 0.29) is 29.4 Å². The van der Waals surface area contributed by atoms with Gasteiger partial charge in [-0.15, -0.1) is 21.5 Å². The van der Waals surface area contributed by atoms with Crippen LogP contribution in [0.3, 0.4) is 0 Å². The smallest absolute Gasteiger partial charge is 0.344 e. The summed E-state index contributed by atoms with van der Waals surface area (Å²) in [6.45, 7) is 4.90. The second-order valence-electron chi connectivity index (χ2n) is 5.03. The minimum atomic E-state index is -0.616. The lowest BCUT2D eigenvalue weighted by Crippen LogP contribution is -2.11. The van der Waals surface area contributed by atoms with Crippen LogP contribution in [0.1, 0.15) is 40.3 Å². The fraction of sp³-hybridized carbons (Fsp3) is 0.250. The Balaban J connectivity index is 1.96. The molecule has 0 aromatic carbocycles. The second kappa shape index (κ2) is 7.16. The number of carbonyl (C=O) groups excluding carboxylic acids is 2.